The highest BCUT2D eigenvalue weighted by atomic mass is 16.5. The summed E-state index contributed by atoms with van der Waals surface area (Å²) < 4.78 is 6.46. The van der Waals surface area contributed by atoms with Crippen molar-refractivity contribution in [2.45, 2.75) is 6.42 Å². The molecule has 1 aliphatic rings. The predicted octanol–water partition coefficient (Wildman–Crippen LogP) is 14.0. The highest BCUT2D eigenvalue weighted by Gasteiger charge is 2.26. The molecule has 0 saturated carbocycles. The molecule has 9 aromatic rings. The summed E-state index contributed by atoms with van der Waals surface area (Å²) in [6, 6.07) is 68.7. The van der Waals surface area contributed by atoms with Gasteiger partial charge in [-0.1, -0.05) is 152 Å². The van der Waals surface area contributed by atoms with Gasteiger partial charge in [0, 0.05) is 11.4 Å². The average Bonchev–Trinajstić information content (AvgIpc) is 3.27. The van der Waals surface area contributed by atoms with Crippen molar-refractivity contribution in [2.24, 2.45) is 5.73 Å². The van der Waals surface area contributed by atoms with E-state index in [-0.39, 0.29) is 0 Å². The summed E-state index contributed by atoms with van der Waals surface area (Å²) in [6.07, 6.45) is 5.18. The summed E-state index contributed by atoms with van der Waals surface area (Å²) in [5, 5.41) is 7.52. The van der Waals surface area contributed by atoms with Crippen LogP contribution in [0.3, 0.4) is 0 Å². The molecule has 0 unspecified atom stereocenters. The Morgan fingerprint density at radius 1 is 0.464 bits per heavy atom. The van der Waals surface area contributed by atoms with Gasteiger partial charge in [-0.05, 0) is 127 Å². The molecule has 3 nitrogen and oxygen atoms in total. The van der Waals surface area contributed by atoms with Crippen LogP contribution in [0.15, 0.2) is 206 Å². The Bertz CT molecular complexity index is 2900. The van der Waals surface area contributed by atoms with E-state index < -0.39 is 0 Å². The van der Waals surface area contributed by atoms with Crippen molar-refractivity contribution in [1.29, 1.82) is 0 Å². The minimum Gasteiger partial charge on any atom is -0.453 e. The molecule has 0 bridgehead atoms. The van der Waals surface area contributed by atoms with Crippen LogP contribution < -0.4 is 15.4 Å². The first kappa shape index (κ1) is 33.2. The molecule has 0 aliphatic carbocycles. The summed E-state index contributed by atoms with van der Waals surface area (Å²) in [6.45, 7) is 0. The van der Waals surface area contributed by atoms with Gasteiger partial charge < -0.3 is 15.4 Å². The molecular weight excluding hydrogens is 681 g/mol. The quantitative estimate of drug-likeness (QED) is 0.132. The average molecular weight is 719 g/mol. The number of allylic oxidation sites excluding steroid dienone is 3. The topological polar surface area (TPSA) is 38.5 Å². The lowest BCUT2D eigenvalue weighted by atomic mass is 9.90. The standard InChI is InChI=1S/C53H38N2O/c54-49(37-17-5-2-6-18-37)35-39(28-27-36-15-3-1-4-16-36)41-31-40(32-42(33-41)55-50-23-11-13-25-52(50)56-53-26-14-12-24-51(53)55)38-29-30-47-45-21-8-7-19-43(45)44-20-9-10-22-46(44)48(47)34-38/h1-26,28-35H,27,54H2/b39-28+,49-35-. The molecule has 0 fully saturated rings. The molecule has 2 N–H and O–H groups in total. The Morgan fingerprint density at radius 2 is 1.00 bits per heavy atom. The third kappa shape index (κ3) is 6.06. The molecule has 1 aliphatic heterocycles. The van der Waals surface area contributed by atoms with Gasteiger partial charge in [0.25, 0.3) is 0 Å². The number of nitrogens with two attached hydrogens (primary N) is 1. The fourth-order valence-electron chi connectivity index (χ4n) is 8.13. The van der Waals surface area contributed by atoms with Crippen LogP contribution in [0.25, 0.3) is 54.7 Å². The fourth-order valence-corrected chi connectivity index (χ4v) is 8.13. The van der Waals surface area contributed by atoms with Crippen LogP contribution in [-0.2, 0) is 6.42 Å². The van der Waals surface area contributed by atoms with E-state index in [2.05, 4.69) is 169 Å². The van der Waals surface area contributed by atoms with Crippen LogP contribution in [0.4, 0.5) is 17.1 Å². The van der Waals surface area contributed by atoms with Gasteiger partial charge in [-0.25, -0.2) is 0 Å². The number of nitrogens with zero attached hydrogens (tertiary/aromatic N) is 1. The van der Waals surface area contributed by atoms with Crippen molar-refractivity contribution in [2.75, 3.05) is 4.90 Å². The molecule has 56 heavy (non-hydrogen) atoms. The molecule has 9 aromatic carbocycles. The van der Waals surface area contributed by atoms with E-state index >= 15 is 0 Å². The lowest BCUT2D eigenvalue weighted by molar-refractivity contribution is 0.477. The Hall–Kier alpha value is -7.36. The molecule has 0 saturated heterocycles. The van der Waals surface area contributed by atoms with Crippen LogP contribution >= 0.6 is 0 Å². The minimum atomic E-state index is 0.711. The number of fused-ring (bicyclic) bond motifs is 8. The van der Waals surface area contributed by atoms with Crippen LogP contribution in [0.5, 0.6) is 11.5 Å². The highest BCUT2D eigenvalue weighted by Crippen LogP contribution is 2.51. The normalized spacial score (nSPS) is 12.8. The molecular formula is C53H38N2O. The second-order valence-electron chi connectivity index (χ2n) is 14.3. The lowest BCUT2D eigenvalue weighted by Crippen LogP contribution is -2.16. The van der Waals surface area contributed by atoms with Crippen molar-refractivity contribution in [3.8, 4) is 22.6 Å². The number of para-hydroxylation sites is 4. The van der Waals surface area contributed by atoms with Gasteiger partial charge in [-0.3, -0.25) is 0 Å². The first-order chi connectivity index (χ1) is 27.7. The zero-order valence-electron chi connectivity index (χ0n) is 30.8. The predicted molar refractivity (Wildman–Crippen MR) is 236 cm³/mol. The maximum atomic E-state index is 6.91. The van der Waals surface area contributed by atoms with E-state index in [0.29, 0.717) is 5.70 Å². The molecule has 0 radical (unpaired) electrons. The van der Waals surface area contributed by atoms with Crippen LogP contribution in [0, 0.1) is 0 Å². The lowest BCUT2D eigenvalue weighted by Gasteiger charge is -2.33. The van der Waals surface area contributed by atoms with Crippen molar-refractivity contribution in [1.82, 2.24) is 0 Å². The third-order valence-corrected chi connectivity index (χ3v) is 10.8. The van der Waals surface area contributed by atoms with Gasteiger partial charge in [0.2, 0.25) is 0 Å². The molecule has 10 rings (SSSR count). The van der Waals surface area contributed by atoms with E-state index in [4.69, 9.17) is 10.5 Å². The number of anilines is 3. The number of hydrogen-bond acceptors (Lipinski definition) is 3. The Kier molecular flexibility index (Phi) is 8.38. The second kappa shape index (κ2) is 14.1. The SMILES string of the molecule is N/C(=C\C(=C/Cc1ccccc1)c1cc(-c2ccc3c4ccccc4c4ccccc4c3c2)cc(N2c3ccccc3Oc3ccccc32)c1)c1ccccc1. The van der Waals surface area contributed by atoms with Gasteiger partial charge in [0.1, 0.15) is 0 Å². The van der Waals surface area contributed by atoms with E-state index in [0.717, 1.165) is 62.8 Å². The van der Waals surface area contributed by atoms with E-state index in [9.17, 15) is 0 Å². The molecule has 3 heteroatoms. The molecule has 1 heterocycles. The van der Waals surface area contributed by atoms with Crippen molar-refractivity contribution in [3.63, 3.8) is 0 Å². The van der Waals surface area contributed by atoms with Crippen LogP contribution in [-0.4, -0.2) is 0 Å². The van der Waals surface area contributed by atoms with Gasteiger partial charge in [-0.2, -0.15) is 0 Å². The number of ether oxygens (including phenoxy) is 1. The van der Waals surface area contributed by atoms with Crippen molar-refractivity contribution >= 4 is 60.6 Å². The summed E-state index contributed by atoms with van der Waals surface area (Å²) in [5.41, 5.74) is 17.2. The maximum Gasteiger partial charge on any atom is 0.151 e. The Morgan fingerprint density at radius 3 is 1.64 bits per heavy atom. The maximum absolute atomic E-state index is 6.91. The van der Waals surface area contributed by atoms with Gasteiger partial charge in [0.15, 0.2) is 11.5 Å². The van der Waals surface area contributed by atoms with Crippen molar-refractivity contribution in [3.05, 3.63) is 223 Å². The molecule has 266 valence electrons. The number of benzene rings is 9. The highest BCUT2D eigenvalue weighted by molar-refractivity contribution is 6.25. The zero-order valence-corrected chi connectivity index (χ0v) is 30.8. The molecule has 0 atom stereocenters. The summed E-state index contributed by atoms with van der Waals surface area (Å²) in [4.78, 5) is 2.32. The minimum absolute atomic E-state index is 0.711. The largest absolute Gasteiger partial charge is 0.453 e. The summed E-state index contributed by atoms with van der Waals surface area (Å²) >= 11 is 0. The van der Waals surface area contributed by atoms with E-state index in [1.807, 2.05) is 42.5 Å². The summed E-state index contributed by atoms with van der Waals surface area (Å²) in [7, 11) is 0. The fraction of sp³-hybridized carbons (Fsp3) is 0.0189. The summed E-state index contributed by atoms with van der Waals surface area (Å²) in [5.74, 6) is 1.63. The number of hydrogen-bond donors (Lipinski definition) is 1. The van der Waals surface area contributed by atoms with Crippen molar-refractivity contribution < 1.29 is 4.74 Å². The van der Waals surface area contributed by atoms with Crippen LogP contribution in [0.2, 0.25) is 0 Å². The zero-order chi connectivity index (χ0) is 37.4. The first-order valence-electron chi connectivity index (χ1n) is 19.1. The smallest absolute Gasteiger partial charge is 0.151 e. The monoisotopic (exact) mass is 718 g/mol. The van der Waals surface area contributed by atoms with E-state index in [1.54, 1.807) is 0 Å². The Balaban J connectivity index is 1.23. The first-order valence-corrected chi connectivity index (χ1v) is 19.1. The Labute approximate surface area is 326 Å². The third-order valence-electron chi connectivity index (χ3n) is 10.8. The molecule has 0 aromatic heterocycles. The van der Waals surface area contributed by atoms with E-state index in [1.165, 1.54) is 37.9 Å². The molecule has 0 amide bonds. The second-order valence-corrected chi connectivity index (χ2v) is 14.3. The van der Waals surface area contributed by atoms with Gasteiger partial charge >= 0.3 is 0 Å². The van der Waals surface area contributed by atoms with Gasteiger partial charge in [0.05, 0.1) is 11.4 Å². The number of rotatable bonds is 7. The molecule has 0 spiro atoms. The van der Waals surface area contributed by atoms with Gasteiger partial charge in [-0.15, -0.1) is 0 Å². The van der Waals surface area contributed by atoms with Crippen LogP contribution in [0.1, 0.15) is 16.7 Å².